The zero-order valence-electron chi connectivity index (χ0n) is 14.8. The van der Waals surface area contributed by atoms with Crippen LogP contribution in [0.25, 0.3) is 11.3 Å². The van der Waals surface area contributed by atoms with Gasteiger partial charge in [-0.25, -0.2) is 4.79 Å². The molecule has 0 spiro atoms. The van der Waals surface area contributed by atoms with E-state index in [1.807, 2.05) is 22.9 Å². The van der Waals surface area contributed by atoms with Crippen molar-refractivity contribution >= 4 is 17.3 Å². The first-order valence-corrected chi connectivity index (χ1v) is 9.34. The van der Waals surface area contributed by atoms with E-state index in [0.717, 1.165) is 28.4 Å². The van der Waals surface area contributed by atoms with Gasteiger partial charge >= 0.3 is 5.97 Å². The largest absolute Gasteiger partial charge is 0.461 e. The van der Waals surface area contributed by atoms with Gasteiger partial charge in [-0.1, -0.05) is 41.7 Å². The fourth-order valence-corrected chi connectivity index (χ4v) is 3.20. The first-order chi connectivity index (χ1) is 12.7. The number of aryl methyl sites for hydroxylation is 1. The Morgan fingerprint density at radius 2 is 2.00 bits per heavy atom. The molecule has 3 rings (SSSR count). The predicted octanol–water partition coefficient (Wildman–Crippen LogP) is 2.89. The number of hydrogen-bond acceptors (Lipinski definition) is 7. The molecule has 0 amide bonds. The molecule has 1 N–H and O–H groups in total. The van der Waals surface area contributed by atoms with Crippen molar-refractivity contribution in [3.8, 4) is 11.3 Å². The molecule has 3 aromatic rings. The van der Waals surface area contributed by atoms with Crippen LogP contribution in [0.5, 0.6) is 0 Å². The summed E-state index contributed by atoms with van der Waals surface area (Å²) in [4.78, 5) is 11.6. The van der Waals surface area contributed by atoms with E-state index in [9.17, 15) is 4.79 Å². The van der Waals surface area contributed by atoms with Gasteiger partial charge in [0.1, 0.15) is 5.01 Å². The van der Waals surface area contributed by atoms with Crippen molar-refractivity contribution in [3.63, 3.8) is 0 Å². The second kappa shape index (κ2) is 8.68. The van der Waals surface area contributed by atoms with Crippen LogP contribution in [-0.2, 0) is 24.4 Å². The third-order valence-electron chi connectivity index (χ3n) is 3.72. The maximum atomic E-state index is 11.6. The quantitative estimate of drug-likeness (QED) is 0.613. The number of benzene rings is 1. The topological polar surface area (TPSA) is 81.9 Å². The van der Waals surface area contributed by atoms with Crippen molar-refractivity contribution in [2.75, 3.05) is 6.61 Å². The number of esters is 1. The van der Waals surface area contributed by atoms with Gasteiger partial charge in [0.2, 0.25) is 5.01 Å². The summed E-state index contributed by atoms with van der Waals surface area (Å²) < 4.78 is 6.87. The molecule has 0 unspecified atom stereocenters. The zero-order valence-corrected chi connectivity index (χ0v) is 15.6. The van der Waals surface area contributed by atoms with Crippen LogP contribution in [0.3, 0.4) is 0 Å². The van der Waals surface area contributed by atoms with Crippen molar-refractivity contribution in [1.82, 2.24) is 25.3 Å². The summed E-state index contributed by atoms with van der Waals surface area (Å²) in [5, 5.41) is 17.0. The minimum Gasteiger partial charge on any atom is -0.461 e. The Kier molecular flexibility index (Phi) is 6.08. The van der Waals surface area contributed by atoms with Gasteiger partial charge < -0.3 is 10.1 Å². The molecule has 0 aliphatic heterocycles. The summed E-state index contributed by atoms with van der Waals surface area (Å²) in [6, 6.07) is 10.1. The lowest BCUT2D eigenvalue weighted by Gasteiger charge is -2.03. The highest BCUT2D eigenvalue weighted by atomic mass is 32.1. The first-order valence-electron chi connectivity index (χ1n) is 8.53. The first kappa shape index (κ1) is 18.2. The summed E-state index contributed by atoms with van der Waals surface area (Å²) >= 11 is 1.25. The van der Waals surface area contributed by atoms with Crippen molar-refractivity contribution in [2.45, 2.75) is 33.5 Å². The summed E-state index contributed by atoms with van der Waals surface area (Å²) in [6.45, 7) is 6.16. The predicted molar refractivity (Wildman–Crippen MR) is 99.7 cm³/mol. The number of nitrogens with one attached hydrogen (secondary N) is 1. The summed E-state index contributed by atoms with van der Waals surface area (Å²) in [7, 11) is 0. The SMILES string of the molecule is CCOC(=O)c1nnc(CNCc2cn(CC)nc2-c2ccccc2)s1. The highest BCUT2D eigenvalue weighted by Gasteiger charge is 2.14. The lowest BCUT2D eigenvalue weighted by molar-refractivity contribution is 0.0525. The van der Waals surface area contributed by atoms with Gasteiger partial charge in [0.25, 0.3) is 0 Å². The lowest BCUT2D eigenvalue weighted by Crippen LogP contribution is -2.12. The summed E-state index contributed by atoms with van der Waals surface area (Å²) in [5.74, 6) is -0.424. The summed E-state index contributed by atoms with van der Waals surface area (Å²) in [6.07, 6.45) is 2.06. The molecular weight excluding hydrogens is 350 g/mol. The molecule has 8 heteroatoms. The van der Waals surface area contributed by atoms with Gasteiger partial charge in [0, 0.05) is 30.4 Å². The number of carbonyl (C=O) groups excluding carboxylic acids is 1. The Labute approximate surface area is 156 Å². The Morgan fingerprint density at radius 1 is 1.19 bits per heavy atom. The van der Waals surface area contributed by atoms with Crippen LogP contribution in [-0.4, -0.2) is 32.6 Å². The van der Waals surface area contributed by atoms with Crippen LogP contribution in [0.1, 0.15) is 34.2 Å². The molecule has 1 aromatic carbocycles. The maximum absolute atomic E-state index is 11.6. The Morgan fingerprint density at radius 3 is 2.73 bits per heavy atom. The molecule has 26 heavy (non-hydrogen) atoms. The lowest BCUT2D eigenvalue weighted by atomic mass is 10.1. The zero-order chi connectivity index (χ0) is 18.4. The Bertz CT molecular complexity index is 860. The van der Waals surface area contributed by atoms with E-state index >= 15 is 0 Å². The van der Waals surface area contributed by atoms with Gasteiger partial charge in [-0.2, -0.15) is 5.10 Å². The molecule has 0 fully saturated rings. The van der Waals surface area contributed by atoms with E-state index in [2.05, 4.69) is 45.9 Å². The minimum absolute atomic E-state index is 0.285. The van der Waals surface area contributed by atoms with Crippen molar-refractivity contribution in [1.29, 1.82) is 0 Å². The van der Waals surface area contributed by atoms with Crippen LogP contribution < -0.4 is 5.32 Å². The van der Waals surface area contributed by atoms with E-state index in [0.29, 0.717) is 19.7 Å². The molecule has 0 atom stereocenters. The molecule has 0 saturated heterocycles. The van der Waals surface area contributed by atoms with E-state index in [1.54, 1.807) is 6.92 Å². The third-order valence-corrected chi connectivity index (χ3v) is 4.62. The molecule has 2 aromatic heterocycles. The van der Waals surface area contributed by atoms with Crippen LogP contribution in [0.15, 0.2) is 36.5 Å². The average molecular weight is 371 g/mol. The van der Waals surface area contributed by atoms with E-state index in [-0.39, 0.29) is 5.01 Å². The fraction of sp³-hybridized carbons (Fsp3) is 0.333. The third kappa shape index (κ3) is 4.33. The normalized spacial score (nSPS) is 10.8. The maximum Gasteiger partial charge on any atom is 0.369 e. The number of rotatable bonds is 8. The minimum atomic E-state index is -0.424. The van der Waals surface area contributed by atoms with Gasteiger partial charge in [-0.3, -0.25) is 4.68 Å². The van der Waals surface area contributed by atoms with E-state index < -0.39 is 5.97 Å². The molecule has 7 nitrogen and oxygen atoms in total. The number of aromatic nitrogens is 4. The van der Waals surface area contributed by atoms with Crippen LogP contribution in [0.4, 0.5) is 0 Å². The van der Waals surface area contributed by atoms with E-state index in [4.69, 9.17) is 4.74 Å². The average Bonchev–Trinajstić information content (AvgIpc) is 3.30. The van der Waals surface area contributed by atoms with Crippen molar-refractivity contribution < 1.29 is 9.53 Å². The second-order valence-corrected chi connectivity index (χ2v) is 6.61. The van der Waals surface area contributed by atoms with Gasteiger partial charge in [0.15, 0.2) is 0 Å². The molecule has 0 radical (unpaired) electrons. The number of nitrogens with zero attached hydrogens (tertiary/aromatic N) is 4. The van der Waals surface area contributed by atoms with Crippen LogP contribution in [0, 0.1) is 0 Å². The van der Waals surface area contributed by atoms with Crippen LogP contribution in [0.2, 0.25) is 0 Å². The fourth-order valence-electron chi connectivity index (χ4n) is 2.50. The molecule has 0 aliphatic rings. The smallest absolute Gasteiger partial charge is 0.369 e. The molecule has 0 saturated carbocycles. The Hall–Kier alpha value is -2.58. The standard InChI is InChI=1S/C18H21N5O2S/c1-3-23-12-14(16(22-23)13-8-6-5-7-9-13)10-19-11-15-20-21-17(26-15)18(24)25-4-2/h5-9,12,19H,3-4,10-11H2,1-2H3. The molecule has 0 bridgehead atoms. The molecule has 2 heterocycles. The number of ether oxygens (including phenoxy) is 1. The van der Waals surface area contributed by atoms with Crippen LogP contribution >= 0.6 is 11.3 Å². The second-order valence-electron chi connectivity index (χ2n) is 5.55. The van der Waals surface area contributed by atoms with E-state index in [1.165, 1.54) is 11.3 Å². The summed E-state index contributed by atoms with van der Waals surface area (Å²) in [5.41, 5.74) is 3.19. The number of carbonyl (C=O) groups is 1. The monoisotopic (exact) mass is 371 g/mol. The van der Waals surface area contributed by atoms with Crippen molar-refractivity contribution in [2.24, 2.45) is 0 Å². The molecular formula is C18H21N5O2S. The molecule has 0 aliphatic carbocycles. The van der Waals surface area contributed by atoms with Gasteiger partial charge in [0.05, 0.1) is 18.8 Å². The number of hydrogen-bond donors (Lipinski definition) is 1. The molecule has 136 valence electrons. The highest BCUT2D eigenvalue weighted by Crippen LogP contribution is 2.22. The Balaban J connectivity index is 1.65. The van der Waals surface area contributed by atoms with Gasteiger partial charge in [-0.05, 0) is 13.8 Å². The van der Waals surface area contributed by atoms with Crippen molar-refractivity contribution in [3.05, 3.63) is 52.1 Å². The van der Waals surface area contributed by atoms with Gasteiger partial charge in [-0.15, -0.1) is 10.2 Å². The highest BCUT2D eigenvalue weighted by molar-refractivity contribution is 7.13.